The van der Waals surface area contributed by atoms with Crippen LogP contribution in [0.4, 0.5) is 0 Å². The Morgan fingerprint density at radius 1 is 1.75 bits per heavy atom. The summed E-state index contributed by atoms with van der Waals surface area (Å²) in [4.78, 5) is 11.9. The first-order valence-electron chi connectivity index (χ1n) is 3.79. The van der Waals surface area contributed by atoms with Gasteiger partial charge >= 0.3 is 5.97 Å². The van der Waals surface area contributed by atoms with Crippen LogP contribution in [0.5, 0.6) is 0 Å². The monoisotopic (exact) mass is 173 g/mol. The van der Waals surface area contributed by atoms with Gasteiger partial charge in [0, 0.05) is 13.1 Å². The van der Waals surface area contributed by atoms with Crippen LogP contribution < -0.4 is 0 Å². The molecule has 0 spiro atoms. The van der Waals surface area contributed by atoms with Crippen molar-refractivity contribution in [3.05, 3.63) is 12.7 Å². The lowest BCUT2D eigenvalue weighted by Gasteiger charge is -2.19. The van der Waals surface area contributed by atoms with Gasteiger partial charge in [-0.15, -0.1) is 6.58 Å². The molecule has 2 N–H and O–H groups in total. The number of carboxylic acids is 1. The predicted octanol–water partition coefficient (Wildman–Crippen LogP) is -0.0602. The summed E-state index contributed by atoms with van der Waals surface area (Å²) in [6.07, 6.45) is 1.11. The van der Waals surface area contributed by atoms with Crippen LogP contribution in [0.1, 0.15) is 6.92 Å². The third-order valence-corrected chi connectivity index (χ3v) is 1.27. The highest BCUT2D eigenvalue weighted by molar-refractivity contribution is 5.69. The molecule has 0 aromatic rings. The number of aliphatic hydroxyl groups excluding tert-OH is 1. The lowest BCUT2D eigenvalue weighted by molar-refractivity contribution is -0.138. The molecule has 0 aromatic heterocycles. The van der Waals surface area contributed by atoms with E-state index in [1.54, 1.807) is 17.9 Å². The molecule has 0 aromatic carbocycles. The number of nitrogens with zero attached hydrogens (tertiary/aromatic N) is 1. The third-order valence-electron chi connectivity index (χ3n) is 1.27. The van der Waals surface area contributed by atoms with Gasteiger partial charge in [0.1, 0.15) is 0 Å². The maximum atomic E-state index is 10.3. The third kappa shape index (κ3) is 5.88. The molecule has 0 bridgehead atoms. The van der Waals surface area contributed by atoms with Crippen LogP contribution in [-0.2, 0) is 4.79 Å². The van der Waals surface area contributed by atoms with Gasteiger partial charge in [-0.05, 0) is 6.92 Å². The van der Waals surface area contributed by atoms with Crippen molar-refractivity contribution in [1.82, 2.24) is 4.90 Å². The zero-order valence-corrected chi connectivity index (χ0v) is 7.23. The number of hydrogen-bond donors (Lipinski definition) is 2. The fourth-order valence-electron chi connectivity index (χ4n) is 0.951. The summed E-state index contributed by atoms with van der Waals surface area (Å²) >= 11 is 0. The first-order valence-corrected chi connectivity index (χ1v) is 3.79. The Hall–Kier alpha value is -0.870. The molecule has 0 aliphatic carbocycles. The van der Waals surface area contributed by atoms with Crippen LogP contribution in [-0.4, -0.2) is 46.8 Å². The molecule has 0 saturated carbocycles. The van der Waals surface area contributed by atoms with E-state index < -0.39 is 12.1 Å². The van der Waals surface area contributed by atoms with Gasteiger partial charge in [-0.25, -0.2) is 0 Å². The van der Waals surface area contributed by atoms with Crippen LogP contribution >= 0.6 is 0 Å². The van der Waals surface area contributed by atoms with Crippen molar-refractivity contribution < 1.29 is 15.0 Å². The molecular weight excluding hydrogens is 158 g/mol. The van der Waals surface area contributed by atoms with Gasteiger partial charge in [-0.1, -0.05) is 6.08 Å². The maximum absolute atomic E-state index is 10.3. The maximum Gasteiger partial charge on any atom is 0.317 e. The molecule has 70 valence electrons. The minimum atomic E-state index is -0.891. The van der Waals surface area contributed by atoms with Gasteiger partial charge in [0.2, 0.25) is 0 Å². The van der Waals surface area contributed by atoms with Crippen molar-refractivity contribution >= 4 is 5.97 Å². The van der Waals surface area contributed by atoms with Gasteiger partial charge in [0.25, 0.3) is 0 Å². The highest BCUT2D eigenvalue weighted by atomic mass is 16.4. The van der Waals surface area contributed by atoms with E-state index in [2.05, 4.69) is 6.58 Å². The quantitative estimate of drug-likeness (QED) is 0.552. The van der Waals surface area contributed by atoms with Crippen LogP contribution in [0, 0.1) is 0 Å². The SMILES string of the molecule is C=CCN(CC(=O)O)CC(C)O. The van der Waals surface area contributed by atoms with Crippen molar-refractivity contribution in [2.45, 2.75) is 13.0 Å². The van der Waals surface area contributed by atoms with E-state index in [1.807, 2.05) is 0 Å². The smallest absolute Gasteiger partial charge is 0.317 e. The fourth-order valence-corrected chi connectivity index (χ4v) is 0.951. The number of carbonyl (C=O) groups is 1. The summed E-state index contributed by atoms with van der Waals surface area (Å²) in [7, 11) is 0. The Kier molecular flexibility index (Phi) is 5.32. The van der Waals surface area contributed by atoms with Gasteiger partial charge in [-0.2, -0.15) is 0 Å². The summed E-state index contributed by atoms with van der Waals surface area (Å²) in [5.74, 6) is -0.891. The number of aliphatic hydroxyl groups is 1. The second-order valence-electron chi connectivity index (χ2n) is 2.73. The lowest BCUT2D eigenvalue weighted by atomic mass is 10.3. The second kappa shape index (κ2) is 5.74. The van der Waals surface area contributed by atoms with Crippen molar-refractivity contribution in [3.63, 3.8) is 0 Å². The molecule has 4 nitrogen and oxygen atoms in total. The van der Waals surface area contributed by atoms with E-state index in [-0.39, 0.29) is 6.54 Å². The molecular formula is C8H15NO3. The number of carboxylic acid groups (broad SMARTS) is 1. The topological polar surface area (TPSA) is 60.8 Å². The molecule has 1 unspecified atom stereocenters. The van der Waals surface area contributed by atoms with Crippen molar-refractivity contribution in [3.8, 4) is 0 Å². The molecule has 0 aliphatic rings. The largest absolute Gasteiger partial charge is 0.480 e. The summed E-state index contributed by atoms with van der Waals surface area (Å²) in [6.45, 7) is 5.91. The predicted molar refractivity (Wildman–Crippen MR) is 46.0 cm³/mol. The van der Waals surface area contributed by atoms with E-state index in [0.29, 0.717) is 13.1 Å². The molecule has 1 atom stereocenters. The molecule has 12 heavy (non-hydrogen) atoms. The average Bonchev–Trinajstić information content (AvgIpc) is 1.84. The average molecular weight is 173 g/mol. The van der Waals surface area contributed by atoms with Crippen LogP contribution in [0.25, 0.3) is 0 Å². The van der Waals surface area contributed by atoms with Gasteiger partial charge in [0.05, 0.1) is 12.6 Å². The lowest BCUT2D eigenvalue weighted by Crippen LogP contribution is -2.35. The highest BCUT2D eigenvalue weighted by Gasteiger charge is 2.09. The second-order valence-corrected chi connectivity index (χ2v) is 2.73. The molecule has 0 rings (SSSR count). The molecule has 0 amide bonds. The van der Waals surface area contributed by atoms with E-state index in [1.165, 1.54) is 0 Å². The molecule has 0 saturated heterocycles. The van der Waals surface area contributed by atoms with Crippen LogP contribution in [0.15, 0.2) is 12.7 Å². The minimum absolute atomic E-state index is 0.0586. The Morgan fingerprint density at radius 3 is 2.67 bits per heavy atom. The normalized spacial score (nSPS) is 12.9. The van der Waals surface area contributed by atoms with Gasteiger partial charge < -0.3 is 10.2 Å². The van der Waals surface area contributed by atoms with Crippen LogP contribution in [0.3, 0.4) is 0 Å². The molecule has 0 aliphatic heterocycles. The molecule has 0 radical (unpaired) electrons. The van der Waals surface area contributed by atoms with E-state index in [0.717, 1.165) is 0 Å². The fraction of sp³-hybridized carbons (Fsp3) is 0.625. The first-order chi connectivity index (χ1) is 5.56. The Labute approximate surface area is 72.1 Å². The highest BCUT2D eigenvalue weighted by Crippen LogP contribution is 1.92. The van der Waals surface area contributed by atoms with Gasteiger partial charge in [-0.3, -0.25) is 9.69 Å². The van der Waals surface area contributed by atoms with Crippen molar-refractivity contribution in [2.24, 2.45) is 0 Å². The van der Waals surface area contributed by atoms with Crippen molar-refractivity contribution in [1.29, 1.82) is 0 Å². The number of rotatable bonds is 6. The van der Waals surface area contributed by atoms with E-state index in [9.17, 15) is 4.79 Å². The molecule has 0 fully saturated rings. The van der Waals surface area contributed by atoms with E-state index >= 15 is 0 Å². The van der Waals surface area contributed by atoms with Crippen molar-refractivity contribution in [2.75, 3.05) is 19.6 Å². The Morgan fingerprint density at radius 2 is 2.33 bits per heavy atom. The molecule has 4 heteroatoms. The molecule has 0 heterocycles. The summed E-state index contributed by atoms with van der Waals surface area (Å²) < 4.78 is 0. The standard InChI is InChI=1S/C8H15NO3/c1-3-4-9(5-7(2)10)6-8(11)12/h3,7,10H,1,4-6H2,2H3,(H,11,12). The summed E-state index contributed by atoms with van der Waals surface area (Å²) in [5, 5.41) is 17.5. The van der Waals surface area contributed by atoms with Crippen LogP contribution in [0.2, 0.25) is 0 Å². The summed E-state index contributed by atoms with van der Waals surface area (Å²) in [5.41, 5.74) is 0. The summed E-state index contributed by atoms with van der Waals surface area (Å²) in [6, 6.07) is 0. The zero-order valence-electron chi connectivity index (χ0n) is 7.23. The first kappa shape index (κ1) is 11.1. The van der Waals surface area contributed by atoms with E-state index in [4.69, 9.17) is 10.2 Å². The number of hydrogen-bond acceptors (Lipinski definition) is 3. The Bertz CT molecular complexity index is 156. The Balaban J connectivity index is 3.85. The van der Waals surface area contributed by atoms with Gasteiger partial charge in [0.15, 0.2) is 0 Å². The number of aliphatic carboxylic acids is 1. The zero-order chi connectivity index (χ0) is 9.56. The minimum Gasteiger partial charge on any atom is -0.480 e.